The Morgan fingerprint density at radius 2 is 1.56 bits per heavy atom. The van der Waals surface area contributed by atoms with Crippen molar-refractivity contribution in [2.45, 2.75) is 52.5 Å². The summed E-state index contributed by atoms with van der Waals surface area (Å²) in [6, 6.07) is 10.1. The molecule has 0 unspecified atom stereocenters. The van der Waals surface area contributed by atoms with Crippen LogP contribution >= 0.6 is 11.8 Å². The molecule has 0 fully saturated rings. The van der Waals surface area contributed by atoms with Crippen molar-refractivity contribution in [3.8, 4) is 0 Å². The maximum absolute atomic E-state index is 12.4. The number of benzene rings is 2. The van der Waals surface area contributed by atoms with Crippen molar-refractivity contribution in [2.24, 2.45) is 0 Å². The molecule has 0 aliphatic carbocycles. The molecule has 0 heterocycles. The van der Waals surface area contributed by atoms with Gasteiger partial charge in [0.1, 0.15) is 0 Å². The molecule has 0 saturated carbocycles. The zero-order valence-electron chi connectivity index (χ0n) is 16.8. The van der Waals surface area contributed by atoms with E-state index in [1.165, 1.54) is 17.3 Å². The van der Waals surface area contributed by atoms with Gasteiger partial charge in [-0.2, -0.15) is 0 Å². The van der Waals surface area contributed by atoms with E-state index in [-0.39, 0.29) is 11.7 Å². The molecule has 2 rings (SSSR count). The highest BCUT2D eigenvalue weighted by atomic mass is 32.2. The van der Waals surface area contributed by atoms with Gasteiger partial charge < -0.3 is 10.1 Å². The van der Waals surface area contributed by atoms with E-state index < -0.39 is 12.1 Å². The molecule has 0 aliphatic heterocycles. The highest BCUT2D eigenvalue weighted by Gasteiger charge is 2.19. The molecular formula is C22H27NO3S. The first kappa shape index (κ1) is 21.0. The third-order valence-electron chi connectivity index (χ3n) is 4.28. The number of rotatable bonds is 6. The fourth-order valence-electron chi connectivity index (χ4n) is 2.98. The highest BCUT2D eigenvalue weighted by molar-refractivity contribution is 8.00. The smallest absolute Gasteiger partial charge is 0.317 e. The van der Waals surface area contributed by atoms with E-state index >= 15 is 0 Å². The minimum absolute atomic E-state index is 0.171. The van der Waals surface area contributed by atoms with Gasteiger partial charge in [0.15, 0.2) is 6.10 Å². The molecule has 2 aromatic carbocycles. The summed E-state index contributed by atoms with van der Waals surface area (Å²) in [5, 5.41) is 2.88. The molecule has 1 atom stereocenters. The summed E-state index contributed by atoms with van der Waals surface area (Å²) >= 11 is 1.42. The van der Waals surface area contributed by atoms with E-state index in [4.69, 9.17) is 4.74 Å². The molecule has 5 heteroatoms. The molecule has 144 valence electrons. The second-order valence-electron chi connectivity index (χ2n) is 6.95. The number of hydrogen-bond donors (Lipinski definition) is 1. The van der Waals surface area contributed by atoms with Gasteiger partial charge in [0.2, 0.25) is 0 Å². The van der Waals surface area contributed by atoms with E-state index in [0.717, 1.165) is 32.8 Å². The summed E-state index contributed by atoms with van der Waals surface area (Å²) in [6.07, 6.45) is -0.850. The van der Waals surface area contributed by atoms with Crippen molar-refractivity contribution < 1.29 is 14.3 Å². The predicted octanol–water partition coefficient (Wildman–Crippen LogP) is 4.89. The van der Waals surface area contributed by atoms with Crippen LogP contribution in [0.4, 0.5) is 5.69 Å². The lowest BCUT2D eigenvalue weighted by molar-refractivity contribution is -0.150. The standard InChI is InChI=1S/C22H27NO3S/c1-13-7-8-19(15(3)9-13)27-12-20(24)26-18(6)22(25)23-21-16(4)10-14(2)11-17(21)5/h7-11,18H,12H2,1-6H3,(H,23,25)/t18-/m1/s1. The maximum atomic E-state index is 12.4. The van der Waals surface area contributed by atoms with Crippen LogP contribution in [0.25, 0.3) is 0 Å². The molecule has 0 spiro atoms. The monoisotopic (exact) mass is 385 g/mol. The third-order valence-corrected chi connectivity index (χ3v) is 5.43. The topological polar surface area (TPSA) is 55.4 Å². The molecule has 0 bridgehead atoms. The Morgan fingerprint density at radius 1 is 0.963 bits per heavy atom. The normalized spacial score (nSPS) is 11.8. The van der Waals surface area contributed by atoms with Crippen LogP contribution in [0.3, 0.4) is 0 Å². The number of anilines is 1. The Bertz CT molecular complexity index is 838. The van der Waals surface area contributed by atoms with E-state index in [2.05, 4.69) is 11.4 Å². The quantitative estimate of drug-likeness (QED) is 0.568. The molecule has 0 radical (unpaired) electrons. The molecule has 2 aromatic rings. The van der Waals surface area contributed by atoms with Gasteiger partial charge in [-0.1, -0.05) is 35.4 Å². The van der Waals surface area contributed by atoms with Crippen LogP contribution in [0, 0.1) is 34.6 Å². The largest absolute Gasteiger partial charge is 0.452 e. The second kappa shape index (κ2) is 9.09. The van der Waals surface area contributed by atoms with Gasteiger partial charge in [0, 0.05) is 10.6 Å². The van der Waals surface area contributed by atoms with Crippen LogP contribution in [0.2, 0.25) is 0 Å². The third kappa shape index (κ3) is 5.86. The number of nitrogens with one attached hydrogen (secondary N) is 1. The van der Waals surface area contributed by atoms with E-state index in [1.54, 1.807) is 6.92 Å². The summed E-state index contributed by atoms with van der Waals surface area (Å²) in [5.74, 6) is -0.556. The molecule has 1 N–H and O–H groups in total. The molecule has 4 nitrogen and oxygen atoms in total. The number of carbonyl (C=O) groups is 2. The van der Waals surface area contributed by atoms with Crippen molar-refractivity contribution >= 4 is 29.3 Å². The maximum Gasteiger partial charge on any atom is 0.317 e. The fourth-order valence-corrected chi connectivity index (χ4v) is 3.78. The predicted molar refractivity (Wildman–Crippen MR) is 111 cm³/mol. The van der Waals surface area contributed by atoms with Crippen LogP contribution in [0.1, 0.15) is 34.7 Å². The fraction of sp³-hybridized carbons (Fsp3) is 0.364. The van der Waals surface area contributed by atoms with E-state index in [9.17, 15) is 9.59 Å². The van der Waals surface area contributed by atoms with Crippen molar-refractivity contribution in [3.05, 3.63) is 58.1 Å². The SMILES string of the molecule is Cc1ccc(SCC(=O)O[C@H](C)C(=O)Nc2c(C)cc(C)cc2C)c(C)c1. The summed E-state index contributed by atoms with van der Waals surface area (Å²) < 4.78 is 5.30. The van der Waals surface area contributed by atoms with Gasteiger partial charge in [-0.3, -0.25) is 9.59 Å². The van der Waals surface area contributed by atoms with Crippen LogP contribution in [-0.2, 0) is 14.3 Å². The van der Waals surface area contributed by atoms with Gasteiger partial charge in [0.25, 0.3) is 5.91 Å². The van der Waals surface area contributed by atoms with Crippen molar-refractivity contribution in [1.82, 2.24) is 0 Å². The Morgan fingerprint density at radius 3 is 2.15 bits per heavy atom. The first-order valence-electron chi connectivity index (χ1n) is 8.95. The average molecular weight is 386 g/mol. The minimum Gasteiger partial charge on any atom is -0.452 e. The molecule has 1 amide bonds. The number of esters is 1. The van der Waals surface area contributed by atoms with Gasteiger partial charge in [0.05, 0.1) is 5.75 Å². The summed E-state index contributed by atoms with van der Waals surface area (Å²) in [5.41, 5.74) is 6.22. The lowest BCUT2D eigenvalue weighted by atomic mass is 10.0. The van der Waals surface area contributed by atoms with Gasteiger partial charge >= 0.3 is 5.97 Å². The number of ether oxygens (including phenoxy) is 1. The molecule has 0 aromatic heterocycles. The van der Waals surface area contributed by atoms with Gasteiger partial charge in [-0.05, 0) is 64.3 Å². The van der Waals surface area contributed by atoms with Crippen molar-refractivity contribution in [3.63, 3.8) is 0 Å². The Balaban J connectivity index is 1.91. The second-order valence-corrected chi connectivity index (χ2v) is 7.97. The lowest BCUT2D eigenvalue weighted by Crippen LogP contribution is -2.31. The Hall–Kier alpha value is -2.27. The summed E-state index contributed by atoms with van der Waals surface area (Å²) in [6.45, 7) is 11.6. The van der Waals surface area contributed by atoms with Crippen LogP contribution in [-0.4, -0.2) is 23.7 Å². The van der Waals surface area contributed by atoms with Crippen LogP contribution in [0.15, 0.2) is 35.2 Å². The van der Waals surface area contributed by atoms with Crippen molar-refractivity contribution in [1.29, 1.82) is 0 Å². The Kier molecular flexibility index (Phi) is 7.08. The average Bonchev–Trinajstić information content (AvgIpc) is 2.57. The van der Waals surface area contributed by atoms with Gasteiger partial charge in [-0.15, -0.1) is 11.8 Å². The number of hydrogen-bond acceptors (Lipinski definition) is 4. The van der Waals surface area contributed by atoms with Gasteiger partial charge in [-0.25, -0.2) is 0 Å². The summed E-state index contributed by atoms with van der Waals surface area (Å²) in [7, 11) is 0. The lowest BCUT2D eigenvalue weighted by Gasteiger charge is -2.17. The minimum atomic E-state index is -0.850. The Labute approximate surface area is 165 Å². The highest BCUT2D eigenvalue weighted by Crippen LogP contribution is 2.24. The molecule has 0 aliphatic rings. The van der Waals surface area contributed by atoms with E-state index in [1.807, 2.05) is 58.9 Å². The zero-order chi connectivity index (χ0) is 20.1. The summed E-state index contributed by atoms with van der Waals surface area (Å²) in [4.78, 5) is 25.6. The first-order valence-corrected chi connectivity index (χ1v) is 9.94. The number of carbonyl (C=O) groups excluding carboxylic acids is 2. The van der Waals surface area contributed by atoms with Crippen LogP contribution in [0.5, 0.6) is 0 Å². The first-order chi connectivity index (χ1) is 12.7. The molecular weight excluding hydrogens is 358 g/mol. The van der Waals surface area contributed by atoms with Crippen molar-refractivity contribution in [2.75, 3.05) is 11.1 Å². The van der Waals surface area contributed by atoms with E-state index in [0.29, 0.717) is 0 Å². The zero-order valence-corrected chi connectivity index (χ0v) is 17.6. The van der Waals surface area contributed by atoms with Crippen LogP contribution < -0.4 is 5.32 Å². The number of aryl methyl sites for hydroxylation is 5. The molecule has 0 saturated heterocycles. The number of amides is 1. The number of thioether (sulfide) groups is 1. The molecule has 27 heavy (non-hydrogen) atoms.